The van der Waals surface area contributed by atoms with E-state index in [1.54, 1.807) is 12.1 Å². The van der Waals surface area contributed by atoms with Crippen LogP contribution in [0.4, 0.5) is 5.69 Å². The lowest BCUT2D eigenvalue weighted by molar-refractivity contribution is 0.590. The SMILES string of the molecule is CC(C)(C)c1ccc(NC(C#N)=C(C#N)C#N)c(Br)c1. The fourth-order valence-corrected chi connectivity index (χ4v) is 1.98. The van der Waals surface area contributed by atoms with Crippen molar-refractivity contribution in [2.75, 3.05) is 5.32 Å². The van der Waals surface area contributed by atoms with E-state index in [4.69, 9.17) is 15.8 Å². The standard InChI is InChI=1S/C15H13BrN4/c1-15(2,3)11-4-5-13(12(16)6-11)20-14(9-19)10(7-17)8-18/h4-6,20H,1-3H3. The molecule has 100 valence electrons. The van der Waals surface area contributed by atoms with E-state index in [-0.39, 0.29) is 16.7 Å². The highest BCUT2D eigenvalue weighted by atomic mass is 79.9. The van der Waals surface area contributed by atoms with Crippen molar-refractivity contribution in [3.05, 3.63) is 39.5 Å². The normalized spacial score (nSPS) is 9.85. The van der Waals surface area contributed by atoms with Crippen molar-refractivity contribution in [3.63, 3.8) is 0 Å². The van der Waals surface area contributed by atoms with Crippen LogP contribution < -0.4 is 5.32 Å². The first-order chi connectivity index (χ1) is 9.33. The van der Waals surface area contributed by atoms with Gasteiger partial charge in [0.05, 0.1) is 5.69 Å². The third kappa shape index (κ3) is 3.60. The van der Waals surface area contributed by atoms with Gasteiger partial charge in [-0.3, -0.25) is 0 Å². The Kier molecular flexibility index (Phi) is 4.92. The van der Waals surface area contributed by atoms with Crippen LogP contribution in [0, 0.1) is 34.0 Å². The number of halogens is 1. The van der Waals surface area contributed by atoms with Gasteiger partial charge < -0.3 is 5.32 Å². The smallest absolute Gasteiger partial charge is 0.163 e. The molecule has 0 bridgehead atoms. The van der Waals surface area contributed by atoms with E-state index in [0.29, 0.717) is 5.69 Å². The molecule has 0 atom stereocenters. The molecule has 0 fully saturated rings. The van der Waals surface area contributed by atoms with Gasteiger partial charge in [-0.1, -0.05) is 26.8 Å². The van der Waals surface area contributed by atoms with E-state index in [0.717, 1.165) is 10.0 Å². The van der Waals surface area contributed by atoms with Crippen LogP contribution in [0.5, 0.6) is 0 Å². The summed E-state index contributed by atoms with van der Waals surface area (Å²) in [5.41, 5.74) is 1.49. The third-order valence-electron chi connectivity index (χ3n) is 2.68. The molecule has 0 aliphatic rings. The Morgan fingerprint density at radius 3 is 2.10 bits per heavy atom. The molecular weight excluding hydrogens is 316 g/mol. The molecule has 0 amide bonds. The maximum absolute atomic E-state index is 9.01. The fraction of sp³-hybridized carbons (Fsp3) is 0.267. The van der Waals surface area contributed by atoms with Crippen LogP contribution in [0.2, 0.25) is 0 Å². The summed E-state index contributed by atoms with van der Waals surface area (Å²) in [5.74, 6) is 0. The van der Waals surface area contributed by atoms with Gasteiger partial charge in [0.2, 0.25) is 0 Å². The topological polar surface area (TPSA) is 83.4 Å². The number of hydrogen-bond donors (Lipinski definition) is 1. The molecule has 4 nitrogen and oxygen atoms in total. The molecule has 0 unspecified atom stereocenters. The Morgan fingerprint density at radius 1 is 1.10 bits per heavy atom. The van der Waals surface area contributed by atoms with Gasteiger partial charge in [-0.15, -0.1) is 0 Å². The van der Waals surface area contributed by atoms with Crippen LogP contribution in [0.25, 0.3) is 0 Å². The number of nitrogens with zero attached hydrogens (tertiary/aromatic N) is 3. The van der Waals surface area contributed by atoms with Crippen LogP contribution in [0.3, 0.4) is 0 Å². The second kappa shape index (κ2) is 6.24. The van der Waals surface area contributed by atoms with Crippen molar-refractivity contribution in [2.24, 2.45) is 0 Å². The molecule has 1 aromatic carbocycles. The van der Waals surface area contributed by atoms with Gasteiger partial charge in [0.25, 0.3) is 0 Å². The Bertz CT molecular complexity index is 660. The van der Waals surface area contributed by atoms with Crippen molar-refractivity contribution < 1.29 is 0 Å². The van der Waals surface area contributed by atoms with E-state index in [1.165, 1.54) is 0 Å². The van der Waals surface area contributed by atoms with Crippen molar-refractivity contribution in [1.82, 2.24) is 0 Å². The highest BCUT2D eigenvalue weighted by molar-refractivity contribution is 9.10. The van der Waals surface area contributed by atoms with E-state index in [2.05, 4.69) is 42.0 Å². The number of allylic oxidation sites excluding steroid dienone is 2. The summed E-state index contributed by atoms with van der Waals surface area (Å²) in [7, 11) is 0. The van der Waals surface area contributed by atoms with Crippen molar-refractivity contribution >= 4 is 21.6 Å². The highest BCUT2D eigenvalue weighted by Gasteiger charge is 2.15. The van der Waals surface area contributed by atoms with Gasteiger partial charge in [0, 0.05) is 4.47 Å². The predicted octanol–water partition coefficient (Wildman–Crippen LogP) is 3.98. The number of benzene rings is 1. The minimum Gasteiger partial charge on any atom is -0.344 e. The molecule has 0 aromatic heterocycles. The number of hydrogen-bond acceptors (Lipinski definition) is 4. The minimum atomic E-state index is -0.237. The molecule has 0 aliphatic heterocycles. The highest BCUT2D eigenvalue weighted by Crippen LogP contribution is 2.30. The summed E-state index contributed by atoms with van der Waals surface area (Å²) in [5, 5.41) is 29.4. The molecule has 5 heteroatoms. The van der Waals surface area contributed by atoms with Crippen molar-refractivity contribution in [1.29, 1.82) is 15.8 Å². The van der Waals surface area contributed by atoms with Crippen LogP contribution >= 0.6 is 15.9 Å². The van der Waals surface area contributed by atoms with Gasteiger partial charge >= 0.3 is 0 Å². The largest absolute Gasteiger partial charge is 0.344 e. The van der Waals surface area contributed by atoms with E-state index in [9.17, 15) is 0 Å². The molecule has 1 aromatic rings. The average molecular weight is 329 g/mol. The summed E-state index contributed by atoms with van der Waals surface area (Å²) in [6, 6.07) is 10.9. The van der Waals surface area contributed by atoms with Gasteiger partial charge in [0.1, 0.15) is 23.9 Å². The number of rotatable bonds is 2. The molecule has 0 saturated heterocycles. The summed E-state index contributed by atoms with van der Waals surface area (Å²) in [4.78, 5) is 0. The average Bonchev–Trinajstić information content (AvgIpc) is 2.39. The van der Waals surface area contributed by atoms with Crippen molar-refractivity contribution in [3.8, 4) is 18.2 Å². The fourth-order valence-electron chi connectivity index (χ4n) is 1.50. The Morgan fingerprint density at radius 2 is 1.70 bits per heavy atom. The lowest BCUT2D eigenvalue weighted by Gasteiger charge is -2.20. The molecule has 1 N–H and O–H groups in total. The van der Waals surface area contributed by atoms with Gasteiger partial charge in [-0.2, -0.15) is 15.8 Å². The van der Waals surface area contributed by atoms with Crippen LogP contribution in [0.15, 0.2) is 33.9 Å². The Labute approximate surface area is 127 Å². The van der Waals surface area contributed by atoms with Gasteiger partial charge in [-0.25, -0.2) is 0 Å². The zero-order valence-electron chi connectivity index (χ0n) is 11.5. The number of anilines is 1. The Hall–Kier alpha value is -2.29. The first kappa shape index (κ1) is 15.8. The zero-order valence-corrected chi connectivity index (χ0v) is 13.0. The van der Waals surface area contributed by atoms with E-state index < -0.39 is 0 Å². The molecule has 20 heavy (non-hydrogen) atoms. The van der Waals surface area contributed by atoms with Crippen LogP contribution in [-0.4, -0.2) is 0 Å². The minimum absolute atomic E-state index is 0.0133. The lowest BCUT2D eigenvalue weighted by atomic mass is 9.87. The lowest BCUT2D eigenvalue weighted by Crippen LogP contribution is -2.11. The summed E-state index contributed by atoms with van der Waals surface area (Å²) >= 11 is 3.43. The maximum atomic E-state index is 9.01. The summed E-state index contributed by atoms with van der Waals surface area (Å²) in [6.45, 7) is 6.31. The molecular formula is C15H13BrN4. The molecule has 0 heterocycles. The monoisotopic (exact) mass is 328 g/mol. The van der Waals surface area contributed by atoms with E-state index >= 15 is 0 Å². The zero-order chi connectivity index (χ0) is 15.3. The second-order valence-corrected chi connectivity index (χ2v) is 6.01. The quantitative estimate of drug-likeness (QED) is 0.832. The Balaban J connectivity index is 3.20. The summed E-state index contributed by atoms with van der Waals surface area (Å²) < 4.78 is 0.771. The first-order valence-electron chi connectivity index (χ1n) is 5.85. The van der Waals surface area contributed by atoms with Crippen LogP contribution in [0.1, 0.15) is 26.3 Å². The van der Waals surface area contributed by atoms with Crippen LogP contribution in [-0.2, 0) is 5.41 Å². The molecule has 1 rings (SSSR count). The predicted molar refractivity (Wildman–Crippen MR) is 80.3 cm³/mol. The molecule has 0 radical (unpaired) electrons. The molecule has 0 spiro atoms. The third-order valence-corrected chi connectivity index (χ3v) is 3.34. The van der Waals surface area contributed by atoms with Crippen molar-refractivity contribution in [2.45, 2.75) is 26.2 Å². The van der Waals surface area contributed by atoms with E-state index in [1.807, 2.05) is 24.3 Å². The van der Waals surface area contributed by atoms with Gasteiger partial charge in [0.15, 0.2) is 5.57 Å². The second-order valence-electron chi connectivity index (χ2n) is 5.16. The summed E-state index contributed by atoms with van der Waals surface area (Å²) in [6.07, 6.45) is 0. The first-order valence-corrected chi connectivity index (χ1v) is 6.64. The number of nitriles is 3. The number of nitrogens with one attached hydrogen (secondary N) is 1. The maximum Gasteiger partial charge on any atom is 0.163 e. The molecule has 0 saturated carbocycles. The van der Waals surface area contributed by atoms with Gasteiger partial charge in [-0.05, 0) is 39.0 Å². The molecule has 0 aliphatic carbocycles.